The third-order valence-electron chi connectivity index (χ3n) is 1.93. The number of carbonyl (C=O) groups excluding carboxylic acids is 1. The quantitative estimate of drug-likeness (QED) is 0.827. The molecule has 1 rings (SSSR count). The van der Waals surface area contributed by atoms with Crippen LogP contribution in [0.15, 0.2) is 24.3 Å². The number of para-hydroxylation sites is 2. The number of anilines is 1. The Morgan fingerprint density at radius 2 is 2.00 bits per heavy atom. The van der Waals surface area contributed by atoms with Crippen molar-refractivity contribution in [3.05, 3.63) is 24.3 Å². The molecule has 0 aliphatic heterocycles. The fourth-order valence-electron chi connectivity index (χ4n) is 1.14. The van der Waals surface area contributed by atoms with Gasteiger partial charge in [0.15, 0.2) is 6.61 Å². The topological polar surface area (TPSA) is 47.6 Å². The van der Waals surface area contributed by atoms with Crippen LogP contribution in [0.4, 0.5) is 18.9 Å². The second-order valence-corrected chi connectivity index (χ2v) is 3.33. The minimum atomic E-state index is -4.41. The van der Waals surface area contributed by atoms with Crippen molar-refractivity contribution in [2.45, 2.75) is 6.18 Å². The molecule has 0 spiro atoms. The Morgan fingerprint density at radius 1 is 1.33 bits per heavy atom. The van der Waals surface area contributed by atoms with E-state index in [2.05, 4.69) is 14.8 Å². The number of ether oxygens (including phenoxy) is 2. The highest BCUT2D eigenvalue weighted by atomic mass is 19.4. The molecular formula is C11H12F3NO3. The summed E-state index contributed by atoms with van der Waals surface area (Å²) in [4.78, 5) is 10.9. The Hall–Kier alpha value is -1.92. The lowest BCUT2D eigenvalue weighted by Gasteiger charge is -2.13. The van der Waals surface area contributed by atoms with Gasteiger partial charge in [-0.05, 0) is 12.1 Å². The van der Waals surface area contributed by atoms with Crippen molar-refractivity contribution in [3.63, 3.8) is 0 Å². The maximum absolute atomic E-state index is 12.0. The van der Waals surface area contributed by atoms with E-state index in [1.54, 1.807) is 6.07 Å². The van der Waals surface area contributed by atoms with Crippen LogP contribution < -0.4 is 10.1 Å². The minimum absolute atomic E-state index is 0.0266. The molecule has 0 fully saturated rings. The molecule has 18 heavy (non-hydrogen) atoms. The van der Waals surface area contributed by atoms with Crippen molar-refractivity contribution in [2.75, 3.05) is 25.6 Å². The smallest absolute Gasteiger partial charge is 0.422 e. The van der Waals surface area contributed by atoms with E-state index in [1.165, 1.54) is 25.3 Å². The fourth-order valence-corrected chi connectivity index (χ4v) is 1.14. The molecule has 1 aromatic carbocycles. The third kappa shape index (κ3) is 4.94. The Morgan fingerprint density at radius 3 is 2.61 bits per heavy atom. The number of hydrogen-bond donors (Lipinski definition) is 1. The molecule has 0 amide bonds. The van der Waals surface area contributed by atoms with Crippen molar-refractivity contribution >= 4 is 11.7 Å². The second kappa shape index (κ2) is 6.13. The van der Waals surface area contributed by atoms with E-state index < -0.39 is 18.8 Å². The van der Waals surface area contributed by atoms with E-state index in [0.717, 1.165) is 0 Å². The summed E-state index contributed by atoms with van der Waals surface area (Å²) in [6, 6.07) is 6.04. The molecule has 0 aliphatic carbocycles. The fraction of sp³-hybridized carbons (Fsp3) is 0.364. The molecular weight excluding hydrogens is 251 g/mol. The molecule has 0 atom stereocenters. The zero-order chi connectivity index (χ0) is 13.6. The standard InChI is InChI=1S/C11H12F3NO3/c1-17-10(16)6-15-8-4-2-3-5-9(8)18-7-11(12,13)14/h2-5,15H,6-7H2,1H3. The van der Waals surface area contributed by atoms with Crippen LogP contribution in [0.3, 0.4) is 0 Å². The van der Waals surface area contributed by atoms with Gasteiger partial charge in [0, 0.05) is 0 Å². The molecule has 0 heterocycles. The van der Waals surface area contributed by atoms with Gasteiger partial charge < -0.3 is 14.8 Å². The zero-order valence-corrected chi connectivity index (χ0v) is 9.58. The Kier molecular flexibility index (Phi) is 4.82. The highest BCUT2D eigenvalue weighted by Crippen LogP contribution is 2.25. The van der Waals surface area contributed by atoms with Gasteiger partial charge in [-0.2, -0.15) is 13.2 Å². The lowest BCUT2D eigenvalue weighted by Crippen LogP contribution is -2.20. The van der Waals surface area contributed by atoms with Crippen LogP contribution in [-0.2, 0) is 9.53 Å². The number of methoxy groups -OCH3 is 1. The summed E-state index contributed by atoms with van der Waals surface area (Å²) in [5.74, 6) is -0.501. The summed E-state index contributed by atoms with van der Waals surface area (Å²) >= 11 is 0. The second-order valence-electron chi connectivity index (χ2n) is 3.33. The van der Waals surface area contributed by atoms with E-state index in [0.29, 0.717) is 5.69 Å². The van der Waals surface area contributed by atoms with Crippen molar-refractivity contribution in [3.8, 4) is 5.75 Å². The van der Waals surface area contributed by atoms with Gasteiger partial charge in [0.05, 0.1) is 12.8 Å². The summed E-state index contributed by atoms with van der Waals surface area (Å²) in [6.45, 7) is -1.53. The summed E-state index contributed by atoms with van der Waals surface area (Å²) in [6.07, 6.45) is -4.41. The van der Waals surface area contributed by atoms with Gasteiger partial charge >= 0.3 is 12.1 Å². The van der Waals surface area contributed by atoms with Crippen molar-refractivity contribution in [1.82, 2.24) is 0 Å². The van der Waals surface area contributed by atoms with Crippen LogP contribution in [0.1, 0.15) is 0 Å². The molecule has 0 radical (unpaired) electrons. The van der Waals surface area contributed by atoms with Gasteiger partial charge in [-0.25, -0.2) is 0 Å². The summed E-state index contributed by atoms with van der Waals surface area (Å²) in [7, 11) is 1.22. The number of carbonyl (C=O) groups is 1. The molecule has 1 N–H and O–H groups in total. The van der Waals surface area contributed by atoms with Crippen LogP contribution in [-0.4, -0.2) is 32.4 Å². The maximum Gasteiger partial charge on any atom is 0.422 e. The number of benzene rings is 1. The number of alkyl halides is 3. The highest BCUT2D eigenvalue weighted by Gasteiger charge is 2.28. The molecule has 0 saturated carbocycles. The van der Waals surface area contributed by atoms with Crippen LogP contribution in [0.25, 0.3) is 0 Å². The van der Waals surface area contributed by atoms with Crippen LogP contribution in [0, 0.1) is 0 Å². The number of nitrogens with one attached hydrogen (secondary N) is 1. The first-order chi connectivity index (χ1) is 8.42. The van der Waals surface area contributed by atoms with Gasteiger partial charge in [-0.15, -0.1) is 0 Å². The lowest BCUT2D eigenvalue weighted by atomic mass is 10.3. The molecule has 4 nitrogen and oxygen atoms in total. The zero-order valence-electron chi connectivity index (χ0n) is 9.58. The largest absolute Gasteiger partial charge is 0.482 e. The van der Waals surface area contributed by atoms with Gasteiger partial charge in [0.1, 0.15) is 12.3 Å². The Bertz CT molecular complexity index is 407. The SMILES string of the molecule is COC(=O)CNc1ccccc1OCC(F)(F)F. The lowest BCUT2D eigenvalue weighted by molar-refractivity contribution is -0.153. The molecule has 1 aromatic rings. The van der Waals surface area contributed by atoms with E-state index in [-0.39, 0.29) is 12.3 Å². The summed E-state index contributed by atoms with van der Waals surface area (Å²) in [5.41, 5.74) is 0.298. The van der Waals surface area contributed by atoms with E-state index in [9.17, 15) is 18.0 Å². The van der Waals surface area contributed by atoms with Gasteiger partial charge in [-0.1, -0.05) is 12.1 Å². The molecule has 7 heteroatoms. The molecule has 0 bridgehead atoms. The van der Waals surface area contributed by atoms with Crippen LogP contribution in [0.5, 0.6) is 5.75 Å². The molecule has 100 valence electrons. The summed E-state index contributed by atoms with van der Waals surface area (Å²) < 4.78 is 45.1. The Labute approximate surface area is 102 Å². The molecule has 0 saturated heterocycles. The van der Waals surface area contributed by atoms with Crippen LogP contribution >= 0.6 is 0 Å². The van der Waals surface area contributed by atoms with Gasteiger partial charge in [-0.3, -0.25) is 4.79 Å². The van der Waals surface area contributed by atoms with Crippen molar-refractivity contribution in [2.24, 2.45) is 0 Å². The maximum atomic E-state index is 12.0. The minimum Gasteiger partial charge on any atom is -0.482 e. The number of hydrogen-bond acceptors (Lipinski definition) is 4. The third-order valence-corrected chi connectivity index (χ3v) is 1.93. The summed E-state index contributed by atoms with van der Waals surface area (Å²) in [5, 5.41) is 2.63. The first-order valence-electron chi connectivity index (χ1n) is 5.01. The molecule has 0 unspecified atom stereocenters. The van der Waals surface area contributed by atoms with E-state index in [4.69, 9.17) is 0 Å². The number of esters is 1. The Balaban J connectivity index is 2.64. The van der Waals surface area contributed by atoms with E-state index in [1.807, 2.05) is 0 Å². The van der Waals surface area contributed by atoms with Gasteiger partial charge in [0.25, 0.3) is 0 Å². The van der Waals surface area contributed by atoms with Crippen LogP contribution in [0.2, 0.25) is 0 Å². The average Bonchev–Trinajstić information content (AvgIpc) is 2.33. The molecule has 0 aromatic heterocycles. The number of halogens is 3. The van der Waals surface area contributed by atoms with E-state index >= 15 is 0 Å². The first-order valence-corrected chi connectivity index (χ1v) is 5.01. The predicted molar refractivity (Wildman–Crippen MR) is 58.5 cm³/mol. The normalized spacial score (nSPS) is 10.9. The first kappa shape index (κ1) is 14.1. The van der Waals surface area contributed by atoms with Gasteiger partial charge in [0.2, 0.25) is 0 Å². The molecule has 0 aliphatic rings. The highest BCUT2D eigenvalue weighted by molar-refractivity contribution is 5.75. The predicted octanol–water partition coefficient (Wildman–Crippen LogP) is 2.21. The van der Waals surface area contributed by atoms with Crippen molar-refractivity contribution < 1.29 is 27.4 Å². The van der Waals surface area contributed by atoms with Crippen molar-refractivity contribution in [1.29, 1.82) is 0 Å². The monoisotopic (exact) mass is 263 g/mol. The average molecular weight is 263 g/mol. The number of rotatable bonds is 5.